The van der Waals surface area contributed by atoms with Gasteiger partial charge in [-0.25, -0.2) is 13.2 Å². The molecule has 0 aromatic carbocycles. The summed E-state index contributed by atoms with van der Waals surface area (Å²) in [5.41, 5.74) is 0. The summed E-state index contributed by atoms with van der Waals surface area (Å²) >= 11 is 0. The molecule has 5 atom stereocenters. The molecular weight excluding hydrogens is 307 g/mol. The summed E-state index contributed by atoms with van der Waals surface area (Å²) in [6.07, 6.45) is -4.25. The second-order valence-electron chi connectivity index (χ2n) is 6.26. The van der Waals surface area contributed by atoms with Crippen molar-refractivity contribution in [2.45, 2.75) is 77.5 Å². The number of hydrogen-bond acceptors (Lipinski definition) is 3. The third-order valence-electron chi connectivity index (χ3n) is 4.48. The normalized spacial score (nSPS) is 40.3. The minimum atomic E-state index is -1.55. The van der Waals surface area contributed by atoms with Gasteiger partial charge in [-0.1, -0.05) is 20.8 Å². The number of alkyl halides is 3. The van der Waals surface area contributed by atoms with E-state index in [-0.39, 0.29) is 25.2 Å². The monoisotopic (exact) mass is 333 g/mol. The number of halogens is 3. The van der Waals surface area contributed by atoms with Crippen LogP contribution in [0.15, 0.2) is 0 Å². The maximum atomic E-state index is 13.9. The van der Waals surface area contributed by atoms with E-state index in [1.165, 1.54) is 0 Å². The number of rotatable bonds is 2. The SMILES string of the molecule is CC.CC1CC(F)C(C(=O)OC2CCC(C#N)C(F)C2)C(F)C1. The summed E-state index contributed by atoms with van der Waals surface area (Å²) in [5.74, 6) is -3.08. The molecule has 2 fully saturated rings. The molecule has 5 unspecified atom stereocenters. The molecule has 2 aliphatic rings. The molecule has 2 rings (SSSR count). The highest BCUT2D eigenvalue weighted by atomic mass is 19.1. The van der Waals surface area contributed by atoms with Gasteiger partial charge in [-0.15, -0.1) is 0 Å². The van der Waals surface area contributed by atoms with E-state index in [4.69, 9.17) is 10.00 Å². The molecule has 6 heteroatoms. The maximum absolute atomic E-state index is 13.9. The van der Waals surface area contributed by atoms with E-state index in [9.17, 15) is 18.0 Å². The Morgan fingerprint density at radius 1 is 1.04 bits per heavy atom. The Morgan fingerprint density at radius 3 is 2.09 bits per heavy atom. The van der Waals surface area contributed by atoms with Crippen molar-refractivity contribution in [2.24, 2.45) is 17.8 Å². The Bertz CT molecular complexity index is 415. The van der Waals surface area contributed by atoms with Crippen LogP contribution in [-0.4, -0.2) is 30.6 Å². The van der Waals surface area contributed by atoms with Gasteiger partial charge in [0.05, 0.1) is 12.0 Å². The predicted octanol–water partition coefficient (Wildman–Crippen LogP) is 4.31. The van der Waals surface area contributed by atoms with Crippen molar-refractivity contribution in [3.8, 4) is 6.07 Å². The molecule has 0 aromatic rings. The predicted molar refractivity (Wildman–Crippen MR) is 80.8 cm³/mol. The Labute approximate surface area is 136 Å². The Balaban J connectivity index is 0.00000127. The van der Waals surface area contributed by atoms with Gasteiger partial charge in [0.25, 0.3) is 0 Å². The van der Waals surface area contributed by atoms with Crippen molar-refractivity contribution in [1.29, 1.82) is 5.26 Å². The Kier molecular flexibility index (Phi) is 7.87. The molecule has 3 nitrogen and oxygen atoms in total. The lowest BCUT2D eigenvalue weighted by Crippen LogP contribution is -2.43. The zero-order valence-electron chi connectivity index (χ0n) is 14.0. The lowest BCUT2D eigenvalue weighted by molar-refractivity contribution is -0.164. The summed E-state index contributed by atoms with van der Waals surface area (Å²) in [7, 11) is 0. The summed E-state index contributed by atoms with van der Waals surface area (Å²) in [5, 5.41) is 8.73. The maximum Gasteiger partial charge on any atom is 0.315 e. The number of hydrogen-bond donors (Lipinski definition) is 0. The smallest absolute Gasteiger partial charge is 0.315 e. The van der Waals surface area contributed by atoms with E-state index in [2.05, 4.69) is 0 Å². The fourth-order valence-corrected chi connectivity index (χ4v) is 3.25. The number of nitriles is 1. The second kappa shape index (κ2) is 9.14. The van der Waals surface area contributed by atoms with Crippen molar-refractivity contribution in [2.75, 3.05) is 0 Å². The van der Waals surface area contributed by atoms with E-state index in [0.717, 1.165) is 0 Å². The van der Waals surface area contributed by atoms with Gasteiger partial charge in [-0.3, -0.25) is 4.79 Å². The zero-order chi connectivity index (χ0) is 17.6. The van der Waals surface area contributed by atoms with Crippen LogP contribution in [0.5, 0.6) is 0 Å². The fraction of sp³-hybridized carbons (Fsp3) is 0.882. The molecule has 2 saturated carbocycles. The molecule has 0 bridgehead atoms. The van der Waals surface area contributed by atoms with Crippen molar-refractivity contribution in [1.82, 2.24) is 0 Å². The van der Waals surface area contributed by atoms with Crippen LogP contribution in [0.1, 0.15) is 52.9 Å². The first-order chi connectivity index (χ1) is 10.9. The fourth-order valence-electron chi connectivity index (χ4n) is 3.25. The summed E-state index contributed by atoms with van der Waals surface area (Å²) in [6.45, 7) is 5.75. The van der Waals surface area contributed by atoms with E-state index >= 15 is 0 Å². The van der Waals surface area contributed by atoms with Crippen molar-refractivity contribution >= 4 is 5.97 Å². The molecule has 0 N–H and O–H groups in total. The van der Waals surface area contributed by atoms with Crippen molar-refractivity contribution in [3.05, 3.63) is 0 Å². The molecule has 0 radical (unpaired) electrons. The third kappa shape index (κ3) is 5.12. The Morgan fingerprint density at radius 2 is 1.61 bits per heavy atom. The van der Waals surface area contributed by atoms with Gasteiger partial charge >= 0.3 is 5.97 Å². The lowest BCUT2D eigenvalue weighted by atomic mass is 9.80. The van der Waals surface area contributed by atoms with Gasteiger partial charge in [0, 0.05) is 6.42 Å². The van der Waals surface area contributed by atoms with Crippen LogP contribution >= 0.6 is 0 Å². The highest BCUT2D eigenvalue weighted by Crippen LogP contribution is 2.35. The first-order valence-electron chi connectivity index (χ1n) is 8.44. The molecular formula is C17H26F3NO2. The van der Waals surface area contributed by atoms with Gasteiger partial charge in [0.15, 0.2) is 0 Å². The molecule has 0 aromatic heterocycles. The van der Waals surface area contributed by atoms with Crippen LogP contribution in [-0.2, 0) is 9.53 Å². The van der Waals surface area contributed by atoms with Crippen LogP contribution in [0.2, 0.25) is 0 Å². The van der Waals surface area contributed by atoms with Crippen LogP contribution in [0.4, 0.5) is 13.2 Å². The summed E-state index contributed by atoms with van der Waals surface area (Å²) in [4.78, 5) is 12.0. The first kappa shape index (κ1) is 19.8. The van der Waals surface area contributed by atoms with E-state index in [1.807, 2.05) is 19.9 Å². The number of ether oxygens (including phenoxy) is 1. The molecule has 0 saturated heterocycles. The van der Waals surface area contributed by atoms with Gasteiger partial charge < -0.3 is 4.74 Å². The molecule has 132 valence electrons. The average molecular weight is 333 g/mol. The van der Waals surface area contributed by atoms with Crippen molar-refractivity contribution < 1.29 is 22.7 Å². The third-order valence-corrected chi connectivity index (χ3v) is 4.48. The van der Waals surface area contributed by atoms with Gasteiger partial charge in [0.2, 0.25) is 0 Å². The largest absolute Gasteiger partial charge is 0.462 e. The lowest BCUT2D eigenvalue weighted by Gasteiger charge is -2.34. The quantitative estimate of drug-likeness (QED) is 0.708. The van der Waals surface area contributed by atoms with Crippen LogP contribution < -0.4 is 0 Å². The van der Waals surface area contributed by atoms with Gasteiger partial charge in [-0.05, 0) is 31.6 Å². The van der Waals surface area contributed by atoms with Crippen molar-refractivity contribution in [3.63, 3.8) is 0 Å². The molecule has 0 spiro atoms. The molecule has 0 aliphatic heterocycles. The molecule has 2 aliphatic carbocycles. The van der Waals surface area contributed by atoms with E-state index in [0.29, 0.717) is 12.8 Å². The molecule has 23 heavy (non-hydrogen) atoms. The molecule has 0 heterocycles. The Hall–Kier alpha value is -1.25. The highest BCUT2D eigenvalue weighted by Gasteiger charge is 2.44. The number of nitrogens with zero attached hydrogens (tertiary/aromatic N) is 1. The van der Waals surface area contributed by atoms with Gasteiger partial charge in [-0.2, -0.15) is 5.26 Å². The number of carbonyl (C=O) groups excluding carboxylic acids is 1. The number of carbonyl (C=O) groups is 1. The average Bonchev–Trinajstić information content (AvgIpc) is 2.48. The van der Waals surface area contributed by atoms with E-state index < -0.39 is 42.4 Å². The minimum absolute atomic E-state index is 0.0685. The summed E-state index contributed by atoms with van der Waals surface area (Å²) in [6, 6.07) is 1.87. The van der Waals surface area contributed by atoms with Gasteiger partial charge in [0.1, 0.15) is 30.5 Å². The molecule has 0 amide bonds. The standard InChI is InChI=1S/C15H20F3NO2.C2H6/c1-8-4-12(17)14(13(18)5-8)15(20)21-10-3-2-9(7-19)11(16)6-10;1-2/h8-14H,2-6H2,1H3;1-2H3. The minimum Gasteiger partial charge on any atom is -0.462 e. The second-order valence-corrected chi connectivity index (χ2v) is 6.26. The van der Waals surface area contributed by atoms with Crippen LogP contribution in [0.25, 0.3) is 0 Å². The van der Waals surface area contributed by atoms with E-state index in [1.54, 1.807) is 6.92 Å². The summed E-state index contributed by atoms with van der Waals surface area (Å²) < 4.78 is 46.5. The number of esters is 1. The topological polar surface area (TPSA) is 50.1 Å². The first-order valence-corrected chi connectivity index (χ1v) is 8.44. The highest BCUT2D eigenvalue weighted by molar-refractivity contribution is 5.74. The zero-order valence-corrected chi connectivity index (χ0v) is 14.0. The van der Waals surface area contributed by atoms with Crippen LogP contribution in [0.3, 0.4) is 0 Å². The van der Waals surface area contributed by atoms with Crippen LogP contribution in [0, 0.1) is 29.1 Å².